The number of benzene rings is 1. The molecule has 0 aliphatic carbocycles. The van der Waals surface area contributed by atoms with Crippen molar-refractivity contribution in [1.29, 1.82) is 0 Å². The smallest absolute Gasteiger partial charge is 0.404 e. The van der Waals surface area contributed by atoms with Gasteiger partial charge in [-0.05, 0) is 38.5 Å². The van der Waals surface area contributed by atoms with Crippen molar-refractivity contribution in [2.24, 2.45) is 0 Å². The van der Waals surface area contributed by atoms with Gasteiger partial charge in [0.25, 0.3) is 0 Å². The van der Waals surface area contributed by atoms with E-state index in [0.717, 1.165) is 23.3 Å². The fraction of sp³-hybridized carbons (Fsp3) is 0.250. The van der Waals surface area contributed by atoms with Crippen LogP contribution in [-0.2, 0) is 13.0 Å². The molecule has 1 aromatic carbocycles. The minimum Gasteiger partial charge on any atom is -0.493 e. The minimum atomic E-state index is -0.528. The summed E-state index contributed by atoms with van der Waals surface area (Å²) in [5.41, 5.74) is 1.93. The first-order valence-corrected chi connectivity index (χ1v) is 7.03. The van der Waals surface area contributed by atoms with Crippen LogP contribution in [0.25, 0.3) is 0 Å². The Morgan fingerprint density at radius 2 is 2.35 bits per heavy atom. The molecular weight excluding hydrogens is 350 g/mol. The topological polar surface area (TPSA) is 70.2 Å². The number of fused-ring (bicyclic) bond motifs is 1. The summed E-state index contributed by atoms with van der Waals surface area (Å²) in [7, 11) is 0. The van der Waals surface area contributed by atoms with Crippen LogP contribution < -0.4 is 4.74 Å². The summed E-state index contributed by atoms with van der Waals surface area (Å²) in [4.78, 5) is 10.3. The van der Waals surface area contributed by atoms with Crippen LogP contribution in [0.3, 0.4) is 0 Å². The van der Waals surface area contributed by atoms with Crippen molar-refractivity contribution in [1.82, 2.24) is 9.78 Å². The van der Waals surface area contributed by atoms with Crippen LogP contribution in [0, 0.1) is 10.1 Å². The Kier molecular flexibility index (Phi) is 3.39. The van der Waals surface area contributed by atoms with Crippen LogP contribution in [0.15, 0.2) is 22.8 Å². The second-order valence-corrected chi connectivity index (χ2v) is 5.70. The molecule has 3 rings (SSSR count). The molecule has 1 aromatic heterocycles. The summed E-state index contributed by atoms with van der Waals surface area (Å²) in [5.74, 6) is 0.605. The molecule has 104 valence electrons. The van der Waals surface area contributed by atoms with Gasteiger partial charge in [-0.2, -0.15) is 4.68 Å². The molecule has 2 heterocycles. The molecule has 0 saturated carbocycles. The number of hydrogen-bond acceptors (Lipinski definition) is 4. The third-order valence-corrected chi connectivity index (χ3v) is 3.81. The summed E-state index contributed by atoms with van der Waals surface area (Å²) < 4.78 is 7.44. The van der Waals surface area contributed by atoms with Crippen molar-refractivity contribution in [3.63, 3.8) is 0 Å². The summed E-state index contributed by atoms with van der Waals surface area (Å²) >= 11 is 9.20. The van der Waals surface area contributed by atoms with Gasteiger partial charge in [0.15, 0.2) is 0 Å². The molecule has 0 bridgehead atoms. The lowest BCUT2D eigenvalue weighted by Gasteiger charge is -2.07. The standard InChI is InChI=1S/C12H9BrClN3O3/c13-10-6-16(15-12(10)17(18)19)5-8-4-9(14)3-7-1-2-20-11(7)8/h3-4,6H,1-2,5H2. The van der Waals surface area contributed by atoms with E-state index >= 15 is 0 Å². The molecule has 1 aliphatic rings. The molecule has 0 unspecified atom stereocenters. The van der Waals surface area contributed by atoms with Crippen LogP contribution in [0.4, 0.5) is 5.82 Å². The Morgan fingerprint density at radius 3 is 3.05 bits per heavy atom. The SMILES string of the molecule is O=[N+]([O-])c1nn(Cc2cc(Cl)cc3c2OCC3)cc1Br. The van der Waals surface area contributed by atoms with Crippen molar-refractivity contribution in [2.75, 3.05) is 6.61 Å². The maximum atomic E-state index is 10.8. The van der Waals surface area contributed by atoms with Crippen LogP contribution in [0.5, 0.6) is 5.75 Å². The van der Waals surface area contributed by atoms with Gasteiger partial charge in [0.2, 0.25) is 0 Å². The van der Waals surface area contributed by atoms with E-state index in [1.807, 2.05) is 6.07 Å². The van der Waals surface area contributed by atoms with Gasteiger partial charge in [-0.25, -0.2) is 0 Å². The van der Waals surface area contributed by atoms with E-state index in [1.165, 1.54) is 4.68 Å². The Labute approximate surface area is 127 Å². The minimum absolute atomic E-state index is 0.204. The van der Waals surface area contributed by atoms with Gasteiger partial charge in [-0.15, -0.1) is 0 Å². The third kappa shape index (κ3) is 2.38. The first-order chi connectivity index (χ1) is 9.54. The van der Waals surface area contributed by atoms with Crippen molar-refractivity contribution >= 4 is 33.3 Å². The zero-order chi connectivity index (χ0) is 14.3. The fourth-order valence-corrected chi connectivity index (χ4v) is 2.95. The second kappa shape index (κ2) is 5.06. The van der Waals surface area contributed by atoms with Crippen LogP contribution in [0.2, 0.25) is 5.02 Å². The molecular formula is C12H9BrClN3O3. The largest absolute Gasteiger partial charge is 0.493 e. The maximum Gasteiger partial charge on any atom is 0.404 e. The molecule has 1 aliphatic heterocycles. The Morgan fingerprint density at radius 1 is 1.55 bits per heavy atom. The Balaban J connectivity index is 1.96. The van der Waals surface area contributed by atoms with E-state index in [9.17, 15) is 10.1 Å². The molecule has 0 amide bonds. The van der Waals surface area contributed by atoms with Gasteiger partial charge in [0.05, 0.1) is 24.4 Å². The number of hydrogen-bond donors (Lipinski definition) is 0. The number of halogens is 2. The van der Waals surface area contributed by atoms with Crippen molar-refractivity contribution in [3.8, 4) is 5.75 Å². The highest BCUT2D eigenvalue weighted by molar-refractivity contribution is 9.10. The molecule has 20 heavy (non-hydrogen) atoms. The number of rotatable bonds is 3. The van der Waals surface area contributed by atoms with E-state index in [-0.39, 0.29) is 5.82 Å². The van der Waals surface area contributed by atoms with Gasteiger partial charge in [0, 0.05) is 17.0 Å². The molecule has 0 spiro atoms. The number of ether oxygens (including phenoxy) is 1. The van der Waals surface area contributed by atoms with Crippen LogP contribution in [-0.4, -0.2) is 21.3 Å². The Bertz CT molecular complexity index is 701. The average molecular weight is 359 g/mol. The number of nitro groups is 1. The molecule has 8 heteroatoms. The first kappa shape index (κ1) is 13.4. The van der Waals surface area contributed by atoms with E-state index in [4.69, 9.17) is 16.3 Å². The second-order valence-electron chi connectivity index (χ2n) is 4.41. The molecule has 6 nitrogen and oxygen atoms in total. The summed E-state index contributed by atoms with van der Waals surface area (Å²) in [6.45, 7) is 1.00. The number of nitrogens with zero attached hydrogens (tertiary/aromatic N) is 3. The maximum absolute atomic E-state index is 10.8. The van der Waals surface area contributed by atoms with Gasteiger partial charge >= 0.3 is 5.82 Å². The highest BCUT2D eigenvalue weighted by Crippen LogP contribution is 2.33. The first-order valence-electron chi connectivity index (χ1n) is 5.86. The van der Waals surface area contributed by atoms with Crippen molar-refractivity contribution < 1.29 is 9.66 Å². The highest BCUT2D eigenvalue weighted by atomic mass is 79.9. The van der Waals surface area contributed by atoms with E-state index in [2.05, 4.69) is 21.0 Å². The highest BCUT2D eigenvalue weighted by Gasteiger charge is 2.22. The lowest BCUT2D eigenvalue weighted by molar-refractivity contribution is -0.390. The molecule has 2 aromatic rings. The van der Waals surface area contributed by atoms with Crippen LogP contribution in [0.1, 0.15) is 11.1 Å². The van der Waals surface area contributed by atoms with E-state index < -0.39 is 4.92 Å². The fourth-order valence-electron chi connectivity index (χ4n) is 2.23. The average Bonchev–Trinajstić information content (AvgIpc) is 2.95. The van der Waals surface area contributed by atoms with Crippen molar-refractivity contribution in [2.45, 2.75) is 13.0 Å². The molecule has 0 radical (unpaired) electrons. The molecule has 0 fully saturated rings. The lowest BCUT2D eigenvalue weighted by Crippen LogP contribution is -2.03. The van der Waals surface area contributed by atoms with Gasteiger partial charge in [0.1, 0.15) is 10.2 Å². The summed E-state index contributed by atoms with van der Waals surface area (Å²) in [6, 6.07) is 3.68. The number of aromatic nitrogens is 2. The zero-order valence-electron chi connectivity index (χ0n) is 10.2. The zero-order valence-corrected chi connectivity index (χ0v) is 12.5. The lowest BCUT2D eigenvalue weighted by atomic mass is 10.1. The summed E-state index contributed by atoms with van der Waals surface area (Å²) in [6.07, 6.45) is 2.40. The summed E-state index contributed by atoms with van der Waals surface area (Å²) in [5, 5.41) is 15.3. The predicted molar refractivity (Wildman–Crippen MR) is 76.3 cm³/mol. The monoisotopic (exact) mass is 357 g/mol. The Hall–Kier alpha value is -1.60. The predicted octanol–water partition coefficient (Wildman–Crippen LogP) is 3.19. The van der Waals surface area contributed by atoms with Crippen LogP contribution >= 0.6 is 27.5 Å². The third-order valence-electron chi connectivity index (χ3n) is 3.03. The van der Waals surface area contributed by atoms with E-state index in [0.29, 0.717) is 22.6 Å². The molecule has 0 saturated heterocycles. The normalized spacial score (nSPS) is 13.1. The van der Waals surface area contributed by atoms with Gasteiger partial charge < -0.3 is 14.9 Å². The van der Waals surface area contributed by atoms with Crippen molar-refractivity contribution in [3.05, 3.63) is 49.1 Å². The van der Waals surface area contributed by atoms with E-state index in [1.54, 1.807) is 12.3 Å². The molecule has 0 atom stereocenters. The molecule has 0 N–H and O–H groups in total. The quantitative estimate of drug-likeness (QED) is 0.624. The van der Waals surface area contributed by atoms with Gasteiger partial charge in [-0.1, -0.05) is 11.6 Å². The van der Waals surface area contributed by atoms with Gasteiger partial charge in [-0.3, -0.25) is 0 Å².